The van der Waals surface area contributed by atoms with Crippen LogP contribution >= 0.6 is 0 Å². The summed E-state index contributed by atoms with van der Waals surface area (Å²) in [7, 11) is 0. The Morgan fingerprint density at radius 1 is 1.17 bits per heavy atom. The van der Waals surface area contributed by atoms with Gasteiger partial charge in [-0.2, -0.15) is 0 Å². The molecule has 3 heterocycles. The van der Waals surface area contributed by atoms with Gasteiger partial charge >= 0.3 is 0 Å². The van der Waals surface area contributed by atoms with Gasteiger partial charge in [-0.25, -0.2) is 4.68 Å². The average molecular weight is 329 g/mol. The highest BCUT2D eigenvalue weighted by Gasteiger charge is 2.17. The van der Waals surface area contributed by atoms with Crippen LogP contribution < -0.4 is 14.8 Å². The highest BCUT2D eigenvalue weighted by Crippen LogP contribution is 2.30. The molecule has 0 unspecified atom stereocenters. The third-order valence-electron chi connectivity index (χ3n) is 4.04. The maximum atomic E-state index is 11.4. The first-order valence-electron chi connectivity index (χ1n) is 8.03. The van der Waals surface area contributed by atoms with Crippen molar-refractivity contribution < 1.29 is 14.3 Å². The first-order valence-corrected chi connectivity index (χ1v) is 8.03. The molecular formula is C16H19N5O3. The Morgan fingerprint density at radius 3 is 2.92 bits per heavy atom. The van der Waals surface area contributed by atoms with Gasteiger partial charge in [0.15, 0.2) is 11.5 Å². The van der Waals surface area contributed by atoms with Crippen LogP contribution in [-0.2, 0) is 17.9 Å². The topological polar surface area (TPSA) is 81.5 Å². The van der Waals surface area contributed by atoms with E-state index in [1.54, 1.807) is 4.68 Å². The minimum absolute atomic E-state index is 0.0601. The second-order valence-electron chi connectivity index (χ2n) is 5.95. The zero-order valence-electron chi connectivity index (χ0n) is 13.3. The lowest BCUT2D eigenvalue weighted by molar-refractivity contribution is -0.124. The Morgan fingerprint density at radius 2 is 2.04 bits per heavy atom. The first-order chi connectivity index (χ1) is 11.8. The third kappa shape index (κ3) is 3.33. The Hall–Kier alpha value is -2.61. The van der Waals surface area contributed by atoms with Crippen molar-refractivity contribution in [3.05, 3.63) is 35.7 Å². The maximum Gasteiger partial charge on any atom is 0.234 e. The van der Waals surface area contributed by atoms with E-state index >= 15 is 0 Å². The van der Waals surface area contributed by atoms with E-state index in [1.165, 1.54) is 0 Å². The lowest BCUT2D eigenvalue weighted by Gasteiger charge is -2.25. The lowest BCUT2D eigenvalue weighted by Crippen LogP contribution is -2.47. The molecule has 4 rings (SSSR count). The summed E-state index contributed by atoms with van der Waals surface area (Å²) in [5, 5.41) is 11.2. The third-order valence-corrected chi connectivity index (χ3v) is 4.04. The fourth-order valence-corrected chi connectivity index (χ4v) is 2.92. The largest absolute Gasteiger partial charge is 0.486 e. The molecular weight excluding hydrogens is 310 g/mol. The van der Waals surface area contributed by atoms with Crippen LogP contribution in [0.4, 0.5) is 0 Å². The van der Waals surface area contributed by atoms with Crippen molar-refractivity contribution >= 4 is 5.91 Å². The molecule has 24 heavy (non-hydrogen) atoms. The number of hydrogen-bond donors (Lipinski definition) is 1. The number of aromatic nitrogens is 3. The van der Waals surface area contributed by atoms with Gasteiger partial charge in [0.05, 0.1) is 25.0 Å². The Balaban J connectivity index is 1.40. The molecule has 1 fully saturated rings. The fraction of sp³-hybridized carbons (Fsp3) is 0.438. The molecule has 0 saturated carbocycles. The molecule has 0 spiro atoms. The number of benzene rings is 1. The average Bonchev–Trinajstić information content (AvgIpc) is 3.02. The summed E-state index contributed by atoms with van der Waals surface area (Å²) in [5.41, 5.74) is 1.94. The van der Waals surface area contributed by atoms with Crippen LogP contribution in [0.25, 0.3) is 0 Å². The molecule has 1 amide bonds. The molecule has 0 aliphatic carbocycles. The van der Waals surface area contributed by atoms with Crippen LogP contribution in [0, 0.1) is 0 Å². The van der Waals surface area contributed by atoms with Gasteiger partial charge < -0.3 is 14.8 Å². The van der Waals surface area contributed by atoms with Crippen molar-refractivity contribution in [2.75, 3.05) is 32.8 Å². The van der Waals surface area contributed by atoms with E-state index in [4.69, 9.17) is 9.47 Å². The quantitative estimate of drug-likeness (QED) is 0.852. The van der Waals surface area contributed by atoms with Gasteiger partial charge in [0.1, 0.15) is 13.2 Å². The molecule has 2 aromatic rings. The van der Waals surface area contributed by atoms with Crippen LogP contribution in [-0.4, -0.2) is 58.6 Å². The molecule has 1 aromatic carbocycles. The van der Waals surface area contributed by atoms with E-state index < -0.39 is 0 Å². The van der Waals surface area contributed by atoms with Crippen molar-refractivity contribution in [2.24, 2.45) is 0 Å². The summed E-state index contributed by atoms with van der Waals surface area (Å²) in [4.78, 5) is 13.5. The molecule has 8 heteroatoms. The summed E-state index contributed by atoms with van der Waals surface area (Å²) in [6.45, 7) is 4.35. The monoisotopic (exact) mass is 329 g/mol. The molecule has 0 bridgehead atoms. The summed E-state index contributed by atoms with van der Waals surface area (Å²) in [6.07, 6.45) is 1.92. The molecule has 2 aliphatic heterocycles. The molecule has 1 N–H and O–H groups in total. The Kier molecular flexibility index (Phi) is 4.04. The van der Waals surface area contributed by atoms with E-state index in [0.29, 0.717) is 39.4 Å². The van der Waals surface area contributed by atoms with E-state index in [9.17, 15) is 4.79 Å². The summed E-state index contributed by atoms with van der Waals surface area (Å²) >= 11 is 0. The number of rotatable bonds is 4. The summed E-state index contributed by atoms with van der Waals surface area (Å²) in [5.74, 6) is 1.62. The van der Waals surface area contributed by atoms with E-state index in [-0.39, 0.29) is 5.91 Å². The minimum atomic E-state index is 0.0601. The number of ether oxygens (including phenoxy) is 2. The van der Waals surface area contributed by atoms with Gasteiger partial charge in [-0.05, 0) is 17.7 Å². The number of carbonyl (C=O) groups excluding carboxylic acids is 1. The smallest absolute Gasteiger partial charge is 0.234 e. The summed E-state index contributed by atoms with van der Waals surface area (Å²) in [6, 6.07) is 5.91. The van der Waals surface area contributed by atoms with Gasteiger partial charge in [0.2, 0.25) is 5.91 Å². The maximum absolute atomic E-state index is 11.4. The molecule has 2 aliphatic rings. The van der Waals surface area contributed by atoms with E-state index in [2.05, 4.69) is 20.5 Å². The van der Waals surface area contributed by atoms with Crippen molar-refractivity contribution in [2.45, 2.75) is 13.1 Å². The SMILES string of the molecule is O=C1CN(Cc2cn(Cc3ccc4c(c3)OCCO4)nn2)CCN1. The van der Waals surface area contributed by atoms with E-state index in [0.717, 1.165) is 29.3 Å². The minimum Gasteiger partial charge on any atom is -0.486 e. The van der Waals surface area contributed by atoms with Gasteiger partial charge in [0.25, 0.3) is 0 Å². The molecule has 126 valence electrons. The molecule has 0 atom stereocenters. The predicted molar refractivity (Wildman–Crippen MR) is 84.8 cm³/mol. The first kappa shape index (κ1) is 14.9. The Bertz CT molecular complexity index is 745. The highest BCUT2D eigenvalue weighted by molar-refractivity contribution is 5.78. The number of carbonyl (C=O) groups is 1. The van der Waals surface area contributed by atoms with Crippen LogP contribution in [0.1, 0.15) is 11.3 Å². The van der Waals surface area contributed by atoms with Gasteiger partial charge in [-0.15, -0.1) is 5.10 Å². The number of nitrogens with zero attached hydrogens (tertiary/aromatic N) is 4. The van der Waals surface area contributed by atoms with Crippen LogP contribution in [0.3, 0.4) is 0 Å². The highest BCUT2D eigenvalue weighted by atomic mass is 16.6. The van der Waals surface area contributed by atoms with E-state index in [1.807, 2.05) is 24.4 Å². The normalized spacial score (nSPS) is 17.6. The zero-order valence-corrected chi connectivity index (χ0v) is 13.3. The van der Waals surface area contributed by atoms with Gasteiger partial charge in [-0.3, -0.25) is 9.69 Å². The molecule has 0 radical (unpaired) electrons. The Labute approximate surface area is 139 Å². The van der Waals surface area contributed by atoms with Gasteiger partial charge in [0, 0.05) is 19.6 Å². The standard InChI is InChI=1S/C16H19N5O3/c22-16-11-20(4-3-17-16)9-13-10-21(19-18-13)8-12-1-2-14-15(7-12)24-6-5-23-14/h1-2,7,10H,3-6,8-9,11H2,(H,17,22). The van der Waals surface area contributed by atoms with Crippen LogP contribution in [0.15, 0.2) is 24.4 Å². The number of piperazine rings is 1. The number of nitrogens with one attached hydrogen (secondary N) is 1. The van der Waals surface area contributed by atoms with Crippen molar-refractivity contribution in [1.82, 2.24) is 25.2 Å². The van der Waals surface area contributed by atoms with Crippen molar-refractivity contribution in [3.63, 3.8) is 0 Å². The molecule has 1 aromatic heterocycles. The molecule has 8 nitrogen and oxygen atoms in total. The second-order valence-corrected chi connectivity index (χ2v) is 5.95. The zero-order chi connectivity index (χ0) is 16.4. The fourth-order valence-electron chi connectivity index (χ4n) is 2.92. The van der Waals surface area contributed by atoms with Crippen LogP contribution in [0.5, 0.6) is 11.5 Å². The van der Waals surface area contributed by atoms with Crippen molar-refractivity contribution in [3.8, 4) is 11.5 Å². The summed E-state index contributed by atoms with van der Waals surface area (Å²) < 4.78 is 12.9. The van der Waals surface area contributed by atoms with Gasteiger partial charge in [-0.1, -0.05) is 11.3 Å². The number of amides is 1. The van der Waals surface area contributed by atoms with Crippen molar-refractivity contribution in [1.29, 1.82) is 0 Å². The number of fused-ring (bicyclic) bond motifs is 1. The molecule has 1 saturated heterocycles. The number of hydrogen-bond acceptors (Lipinski definition) is 6. The van der Waals surface area contributed by atoms with Crippen LogP contribution in [0.2, 0.25) is 0 Å². The predicted octanol–water partition coefficient (Wildman–Crippen LogP) is 0.0294. The lowest BCUT2D eigenvalue weighted by atomic mass is 10.2. The second kappa shape index (κ2) is 6.48.